The Bertz CT molecular complexity index is 890. The van der Waals surface area contributed by atoms with Crippen molar-refractivity contribution in [3.05, 3.63) is 10.4 Å². The summed E-state index contributed by atoms with van der Waals surface area (Å²) in [6, 6.07) is 0. The monoisotopic (exact) mass is 503 g/mol. The van der Waals surface area contributed by atoms with Crippen molar-refractivity contribution in [3.63, 3.8) is 0 Å². The quantitative estimate of drug-likeness (QED) is 0.193. The lowest BCUT2D eigenvalue weighted by Gasteiger charge is -2.67. The number of carbonyl (C=O) groups is 1. The first kappa shape index (κ1) is 27.7. The molecule has 0 aromatic heterocycles. The molecular weight excluding hydrogens is 454 g/mol. The number of carboxylic acids is 1. The molecule has 0 radical (unpaired) electrons. The predicted octanol–water partition coefficient (Wildman–Crippen LogP) is 6.72. The van der Waals surface area contributed by atoms with Crippen molar-refractivity contribution < 1.29 is 20.1 Å². The first-order chi connectivity index (χ1) is 16.8. The van der Waals surface area contributed by atoms with Crippen LogP contribution in [0, 0.1) is 46.3 Å². The van der Waals surface area contributed by atoms with E-state index in [9.17, 15) is 25.6 Å². The Morgan fingerprint density at radius 1 is 1.08 bits per heavy atom. The van der Waals surface area contributed by atoms with Gasteiger partial charge in [-0.1, -0.05) is 59.0 Å². The number of aliphatic carboxylic acids is 1. The van der Waals surface area contributed by atoms with Crippen LogP contribution in [-0.2, 0) is 4.79 Å². The fraction of sp³-hybridized carbons (Fsp3) is 0.966. The number of fused-ring (bicyclic) bond motifs is 5. The minimum Gasteiger partial charge on any atom is -0.481 e. The van der Waals surface area contributed by atoms with Crippen LogP contribution in [0.4, 0.5) is 0 Å². The molecule has 10 atom stereocenters. The van der Waals surface area contributed by atoms with Gasteiger partial charge in [-0.15, -0.1) is 0 Å². The molecule has 7 heteroatoms. The highest BCUT2D eigenvalue weighted by Gasteiger charge is 2.69. The maximum absolute atomic E-state index is 11.7. The lowest BCUT2D eigenvalue weighted by Crippen LogP contribution is -2.69. The molecule has 204 valence electrons. The van der Waals surface area contributed by atoms with Crippen LogP contribution in [0.25, 0.3) is 10.4 Å². The molecule has 0 aliphatic heterocycles. The van der Waals surface area contributed by atoms with E-state index in [-0.39, 0.29) is 18.3 Å². The topological polar surface area (TPSA) is 127 Å². The smallest absolute Gasteiger partial charge is 0.306 e. The van der Waals surface area contributed by atoms with Crippen LogP contribution in [0.3, 0.4) is 0 Å². The van der Waals surface area contributed by atoms with Gasteiger partial charge in [-0.25, -0.2) is 0 Å². The van der Waals surface area contributed by atoms with Crippen LogP contribution in [-0.4, -0.2) is 38.5 Å². The molecule has 4 fully saturated rings. The van der Waals surface area contributed by atoms with Gasteiger partial charge in [-0.2, -0.15) is 0 Å². The zero-order valence-corrected chi connectivity index (χ0v) is 23.1. The standard InChI is InChI=1S/C29H49N3O4/c1-18(2)7-6-8-19(3)21-9-10-22-20-15-24(33)29(31-32-30)17-28(36,16-25(34)35)14-13-27(29,5)23(20)11-12-26(21,22)4/h18-24,33,36H,6-17H2,1-5H3,(H,34,35)/t19-,20+,21-,22+,23+,24?,26-,27-,28?,29?/m1/s1. The zero-order valence-electron chi connectivity index (χ0n) is 23.1. The first-order valence-corrected chi connectivity index (χ1v) is 14.5. The summed E-state index contributed by atoms with van der Waals surface area (Å²) in [5.74, 6) is 2.37. The van der Waals surface area contributed by atoms with Crippen molar-refractivity contribution in [2.24, 2.45) is 51.5 Å². The van der Waals surface area contributed by atoms with E-state index < -0.39 is 28.6 Å². The Balaban J connectivity index is 1.60. The fourth-order valence-corrected chi connectivity index (χ4v) is 10.1. The summed E-state index contributed by atoms with van der Waals surface area (Å²) >= 11 is 0. The van der Waals surface area contributed by atoms with Gasteiger partial charge in [0.25, 0.3) is 0 Å². The average Bonchev–Trinajstić information content (AvgIpc) is 3.13. The molecule has 4 aliphatic rings. The summed E-state index contributed by atoms with van der Waals surface area (Å²) in [4.78, 5) is 14.7. The number of aliphatic hydroxyl groups excluding tert-OH is 1. The minimum atomic E-state index is -1.46. The Morgan fingerprint density at radius 2 is 1.81 bits per heavy atom. The molecule has 4 rings (SSSR count). The Kier molecular flexibility index (Phi) is 7.53. The molecule has 4 saturated carbocycles. The van der Waals surface area contributed by atoms with Crippen LogP contribution >= 0.6 is 0 Å². The van der Waals surface area contributed by atoms with Crippen molar-refractivity contribution in [3.8, 4) is 0 Å². The van der Waals surface area contributed by atoms with E-state index >= 15 is 0 Å². The first-order valence-electron chi connectivity index (χ1n) is 14.5. The highest BCUT2D eigenvalue weighted by molar-refractivity contribution is 5.68. The number of rotatable bonds is 8. The highest BCUT2D eigenvalue weighted by Crippen LogP contribution is 2.70. The summed E-state index contributed by atoms with van der Waals surface area (Å²) in [7, 11) is 0. The summed E-state index contributed by atoms with van der Waals surface area (Å²) < 4.78 is 0. The molecule has 0 heterocycles. The van der Waals surface area contributed by atoms with Gasteiger partial charge in [0.2, 0.25) is 0 Å². The van der Waals surface area contributed by atoms with Crippen molar-refractivity contribution in [2.75, 3.05) is 0 Å². The normalized spacial score (nSPS) is 46.8. The molecule has 0 bridgehead atoms. The minimum absolute atomic E-state index is 0.0225. The number of hydrogen-bond acceptors (Lipinski definition) is 4. The van der Waals surface area contributed by atoms with Crippen LogP contribution in [0.2, 0.25) is 0 Å². The van der Waals surface area contributed by atoms with E-state index in [2.05, 4.69) is 44.6 Å². The van der Waals surface area contributed by atoms with E-state index in [0.29, 0.717) is 42.9 Å². The third-order valence-corrected chi connectivity index (χ3v) is 11.9. The van der Waals surface area contributed by atoms with Crippen molar-refractivity contribution >= 4 is 5.97 Å². The molecule has 3 unspecified atom stereocenters. The molecule has 36 heavy (non-hydrogen) atoms. The Labute approximate surface area is 217 Å². The fourth-order valence-electron chi connectivity index (χ4n) is 10.1. The number of nitrogens with zero attached hydrogens (tertiary/aromatic N) is 3. The molecule has 4 aliphatic carbocycles. The van der Waals surface area contributed by atoms with Crippen molar-refractivity contribution in [1.29, 1.82) is 0 Å². The molecule has 0 spiro atoms. The number of hydrogen-bond donors (Lipinski definition) is 3. The second-order valence-corrected chi connectivity index (χ2v) is 14.2. The van der Waals surface area contributed by atoms with E-state index in [1.807, 2.05) is 0 Å². The van der Waals surface area contributed by atoms with Gasteiger partial charge in [0.1, 0.15) is 0 Å². The molecular formula is C29H49N3O4. The van der Waals surface area contributed by atoms with Crippen LogP contribution in [0.1, 0.15) is 112 Å². The number of aliphatic hydroxyl groups is 2. The average molecular weight is 504 g/mol. The summed E-state index contributed by atoms with van der Waals surface area (Å²) in [6.45, 7) is 11.7. The molecule has 0 amide bonds. The summed E-state index contributed by atoms with van der Waals surface area (Å²) in [5.41, 5.74) is 6.78. The van der Waals surface area contributed by atoms with Crippen molar-refractivity contribution in [1.82, 2.24) is 0 Å². The molecule has 3 N–H and O–H groups in total. The van der Waals surface area contributed by atoms with Crippen LogP contribution in [0.5, 0.6) is 0 Å². The lowest BCUT2D eigenvalue weighted by molar-refractivity contribution is -0.204. The van der Waals surface area contributed by atoms with Gasteiger partial charge in [0, 0.05) is 4.91 Å². The van der Waals surface area contributed by atoms with E-state index in [1.54, 1.807) is 0 Å². The predicted molar refractivity (Wildman–Crippen MR) is 140 cm³/mol. The Hall–Kier alpha value is -1.30. The van der Waals surface area contributed by atoms with Gasteiger partial charge in [0.05, 0.1) is 23.7 Å². The van der Waals surface area contributed by atoms with Crippen molar-refractivity contribution in [2.45, 2.75) is 129 Å². The third kappa shape index (κ3) is 4.37. The maximum Gasteiger partial charge on any atom is 0.306 e. The summed E-state index contributed by atoms with van der Waals surface area (Å²) in [5, 5.41) is 36.6. The van der Waals surface area contributed by atoms with Gasteiger partial charge in [-0.3, -0.25) is 4.79 Å². The van der Waals surface area contributed by atoms with Crippen LogP contribution < -0.4 is 0 Å². The highest BCUT2D eigenvalue weighted by atomic mass is 16.4. The third-order valence-electron chi connectivity index (χ3n) is 11.9. The van der Waals surface area contributed by atoms with E-state index in [0.717, 1.165) is 24.7 Å². The molecule has 7 nitrogen and oxygen atoms in total. The summed E-state index contributed by atoms with van der Waals surface area (Å²) in [6.07, 6.45) is 8.86. The largest absolute Gasteiger partial charge is 0.481 e. The molecule has 0 aromatic rings. The number of azide groups is 1. The lowest BCUT2D eigenvalue weighted by atomic mass is 9.40. The SMILES string of the molecule is CC(C)CCC[C@@H](C)[C@H]1CC[C@H]2[C@@H]3CC(O)C4(N=[N+]=[N-])CC(O)(CC(=O)O)CC[C@]4(C)[C@H]3CC[C@]12C. The number of carboxylic acid groups (broad SMARTS) is 1. The molecule has 0 aromatic carbocycles. The zero-order chi connectivity index (χ0) is 26.5. The second-order valence-electron chi connectivity index (χ2n) is 14.2. The second kappa shape index (κ2) is 9.78. The van der Waals surface area contributed by atoms with Crippen LogP contribution in [0.15, 0.2) is 5.11 Å². The molecule has 0 saturated heterocycles. The Morgan fingerprint density at radius 3 is 2.44 bits per heavy atom. The van der Waals surface area contributed by atoms with Gasteiger partial charge < -0.3 is 15.3 Å². The maximum atomic E-state index is 11.7. The van der Waals surface area contributed by atoms with Gasteiger partial charge >= 0.3 is 5.97 Å². The van der Waals surface area contributed by atoms with E-state index in [1.165, 1.54) is 32.1 Å². The van der Waals surface area contributed by atoms with Gasteiger partial charge in [0.15, 0.2) is 0 Å². The van der Waals surface area contributed by atoms with E-state index in [4.69, 9.17) is 0 Å². The van der Waals surface area contributed by atoms with Gasteiger partial charge in [-0.05, 0) is 103 Å².